The molecular formula is C15H11N5S. The molecule has 0 saturated carbocycles. The van der Waals surface area contributed by atoms with Gasteiger partial charge in [0.2, 0.25) is 0 Å². The quantitative estimate of drug-likeness (QED) is 0.548. The number of hydrogen-bond donors (Lipinski definition) is 0. The van der Waals surface area contributed by atoms with Crippen LogP contribution in [-0.2, 0) is 0 Å². The van der Waals surface area contributed by atoms with Crippen LogP contribution in [0.1, 0.15) is 5.56 Å². The molecule has 6 heteroatoms. The monoisotopic (exact) mass is 293 g/mol. The Balaban J connectivity index is 2.26. The maximum Gasteiger partial charge on any atom is 0.162 e. The van der Waals surface area contributed by atoms with Gasteiger partial charge in [-0.05, 0) is 6.26 Å². The van der Waals surface area contributed by atoms with Crippen LogP contribution < -0.4 is 0 Å². The van der Waals surface area contributed by atoms with Crippen molar-refractivity contribution in [3.63, 3.8) is 0 Å². The molecule has 0 bridgehead atoms. The van der Waals surface area contributed by atoms with E-state index < -0.39 is 0 Å². The van der Waals surface area contributed by atoms with Gasteiger partial charge in [0.15, 0.2) is 11.6 Å². The van der Waals surface area contributed by atoms with E-state index in [9.17, 15) is 5.26 Å². The van der Waals surface area contributed by atoms with Crippen LogP contribution >= 0.6 is 11.8 Å². The molecule has 0 fully saturated rings. The average Bonchev–Trinajstić information content (AvgIpc) is 3.08. The van der Waals surface area contributed by atoms with Crippen molar-refractivity contribution in [3.8, 4) is 23.3 Å². The maximum atomic E-state index is 9.41. The smallest absolute Gasteiger partial charge is 0.162 e. The Labute approximate surface area is 126 Å². The zero-order valence-corrected chi connectivity index (χ0v) is 12.1. The highest BCUT2D eigenvalue weighted by Gasteiger charge is 2.16. The largest absolute Gasteiger partial charge is 0.289 e. The van der Waals surface area contributed by atoms with Crippen LogP contribution in [0.25, 0.3) is 17.2 Å². The number of imidazole rings is 1. The van der Waals surface area contributed by atoms with Gasteiger partial charge in [-0.1, -0.05) is 30.3 Å². The third-order valence-electron chi connectivity index (χ3n) is 2.94. The molecule has 0 unspecified atom stereocenters. The van der Waals surface area contributed by atoms with Gasteiger partial charge in [0.25, 0.3) is 0 Å². The summed E-state index contributed by atoms with van der Waals surface area (Å²) in [5.74, 6) is 1.15. The Bertz CT molecular complexity index is 791. The highest BCUT2D eigenvalue weighted by Crippen LogP contribution is 2.26. The lowest BCUT2D eigenvalue weighted by Crippen LogP contribution is -2.04. The molecular weight excluding hydrogens is 282 g/mol. The molecule has 0 saturated heterocycles. The summed E-state index contributed by atoms with van der Waals surface area (Å²) < 4.78 is 1.73. The van der Waals surface area contributed by atoms with Crippen LogP contribution in [0, 0.1) is 11.3 Å². The molecule has 21 heavy (non-hydrogen) atoms. The van der Waals surface area contributed by atoms with Crippen LogP contribution in [0.3, 0.4) is 0 Å². The second-order valence-corrected chi connectivity index (χ2v) is 5.00. The van der Waals surface area contributed by atoms with E-state index in [-0.39, 0.29) is 0 Å². The number of aromatic nitrogens is 4. The van der Waals surface area contributed by atoms with Gasteiger partial charge in [-0.2, -0.15) is 5.26 Å². The number of nitriles is 1. The minimum atomic E-state index is 0.459. The lowest BCUT2D eigenvalue weighted by molar-refractivity contribution is 0.929. The molecule has 1 aromatic carbocycles. The zero-order valence-electron chi connectivity index (χ0n) is 11.3. The predicted octanol–water partition coefficient (Wildman–Crippen LogP) is 2.92. The summed E-state index contributed by atoms with van der Waals surface area (Å²) in [6.45, 7) is 0. The van der Waals surface area contributed by atoms with E-state index in [1.54, 1.807) is 23.3 Å². The predicted molar refractivity (Wildman–Crippen MR) is 81.1 cm³/mol. The summed E-state index contributed by atoms with van der Waals surface area (Å²) in [7, 11) is 0. The molecule has 0 aliphatic heterocycles. The summed E-state index contributed by atoms with van der Waals surface area (Å²) in [5, 5.41) is 10.1. The Morgan fingerprint density at radius 3 is 2.62 bits per heavy atom. The Morgan fingerprint density at radius 2 is 2.00 bits per heavy atom. The van der Waals surface area contributed by atoms with Gasteiger partial charge >= 0.3 is 0 Å². The van der Waals surface area contributed by atoms with E-state index in [1.807, 2.05) is 36.6 Å². The first-order valence-corrected chi connectivity index (χ1v) is 7.46. The molecule has 0 N–H and O–H groups in total. The highest BCUT2D eigenvalue weighted by molar-refractivity contribution is 7.98. The number of nitrogens with zero attached hydrogens (tertiary/aromatic N) is 5. The van der Waals surface area contributed by atoms with Crippen LogP contribution in [0.4, 0.5) is 0 Å². The molecule has 0 atom stereocenters. The van der Waals surface area contributed by atoms with E-state index in [2.05, 4.69) is 21.0 Å². The lowest BCUT2D eigenvalue weighted by atomic mass is 10.2. The third-order valence-corrected chi connectivity index (χ3v) is 3.62. The Hall–Kier alpha value is -2.65. The van der Waals surface area contributed by atoms with Gasteiger partial charge in [0.1, 0.15) is 23.0 Å². The van der Waals surface area contributed by atoms with Crippen molar-refractivity contribution in [2.24, 2.45) is 0 Å². The average molecular weight is 293 g/mol. The summed E-state index contributed by atoms with van der Waals surface area (Å²) in [6.07, 6.45) is 6.95. The maximum absolute atomic E-state index is 9.41. The number of thioether (sulfide) groups is 1. The van der Waals surface area contributed by atoms with Crippen molar-refractivity contribution in [2.75, 3.05) is 6.26 Å². The van der Waals surface area contributed by atoms with Crippen molar-refractivity contribution >= 4 is 11.8 Å². The first-order valence-electron chi connectivity index (χ1n) is 6.23. The van der Waals surface area contributed by atoms with Crippen LogP contribution in [-0.4, -0.2) is 25.8 Å². The van der Waals surface area contributed by atoms with E-state index in [4.69, 9.17) is 0 Å². The van der Waals surface area contributed by atoms with Gasteiger partial charge in [0.05, 0.1) is 0 Å². The van der Waals surface area contributed by atoms with Crippen molar-refractivity contribution < 1.29 is 0 Å². The Morgan fingerprint density at radius 1 is 1.19 bits per heavy atom. The molecule has 0 radical (unpaired) electrons. The molecule has 3 aromatic rings. The standard InChI is InChI=1S/C15H11N5S/c1-21-15-12(9-16)14(20-8-7-17-10-20)18-13(19-15)11-5-3-2-4-6-11/h2-8,10H,1H3. The normalized spacial score (nSPS) is 10.3. The zero-order chi connectivity index (χ0) is 14.7. The Kier molecular flexibility index (Phi) is 3.67. The number of hydrogen-bond acceptors (Lipinski definition) is 5. The van der Waals surface area contributed by atoms with E-state index in [1.165, 1.54) is 11.8 Å². The minimum absolute atomic E-state index is 0.459. The van der Waals surface area contributed by atoms with Crippen LogP contribution in [0.2, 0.25) is 0 Å². The molecule has 5 nitrogen and oxygen atoms in total. The summed E-state index contributed by atoms with van der Waals surface area (Å²) in [5.41, 5.74) is 1.37. The summed E-state index contributed by atoms with van der Waals surface area (Å²) in [6, 6.07) is 11.9. The topological polar surface area (TPSA) is 67.4 Å². The van der Waals surface area contributed by atoms with E-state index in [0.29, 0.717) is 22.2 Å². The molecule has 0 aliphatic carbocycles. The second kappa shape index (κ2) is 5.77. The van der Waals surface area contributed by atoms with Gasteiger partial charge in [-0.15, -0.1) is 11.8 Å². The van der Waals surface area contributed by atoms with Gasteiger partial charge < -0.3 is 0 Å². The molecule has 0 spiro atoms. The molecule has 2 heterocycles. The fourth-order valence-corrected chi connectivity index (χ4v) is 2.48. The molecule has 102 valence electrons. The fraction of sp³-hybridized carbons (Fsp3) is 0.0667. The lowest BCUT2D eigenvalue weighted by Gasteiger charge is -2.10. The third kappa shape index (κ3) is 2.51. The van der Waals surface area contributed by atoms with Gasteiger partial charge in [-0.25, -0.2) is 15.0 Å². The van der Waals surface area contributed by atoms with Crippen molar-refractivity contribution in [2.45, 2.75) is 5.03 Å². The summed E-state index contributed by atoms with van der Waals surface area (Å²) in [4.78, 5) is 13.1. The molecule has 0 amide bonds. The fourth-order valence-electron chi connectivity index (χ4n) is 1.96. The SMILES string of the molecule is CSc1nc(-c2ccccc2)nc(-n2ccnc2)c1C#N. The minimum Gasteiger partial charge on any atom is -0.289 e. The second-order valence-electron chi connectivity index (χ2n) is 4.20. The molecule has 3 rings (SSSR count). The van der Waals surface area contributed by atoms with E-state index >= 15 is 0 Å². The van der Waals surface area contributed by atoms with Crippen LogP contribution in [0.5, 0.6) is 0 Å². The number of benzene rings is 1. The van der Waals surface area contributed by atoms with Crippen molar-refractivity contribution in [1.82, 2.24) is 19.5 Å². The number of rotatable bonds is 3. The van der Waals surface area contributed by atoms with Crippen LogP contribution in [0.15, 0.2) is 54.1 Å². The van der Waals surface area contributed by atoms with Gasteiger partial charge in [0, 0.05) is 18.0 Å². The molecule has 0 aliphatic rings. The van der Waals surface area contributed by atoms with Gasteiger partial charge in [-0.3, -0.25) is 4.57 Å². The summed E-state index contributed by atoms with van der Waals surface area (Å²) >= 11 is 1.43. The van der Waals surface area contributed by atoms with Crippen molar-refractivity contribution in [1.29, 1.82) is 5.26 Å². The highest BCUT2D eigenvalue weighted by atomic mass is 32.2. The first-order chi connectivity index (χ1) is 10.3. The van der Waals surface area contributed by atoms with E-state index in [0.717, 1.165) is 5.56 Å². The first kappa shape index (κ1) is 13.3. The van der Waals surface area contributed by atoms with Crippen molar-refractivity contribution in [3.05, 3.63) is 54.6 Å². The molecule has 2 aromatic heterocycles.